The lowest BCUT2D eigenvalue weighted by Gasteiger charge is -2.43. The molecule has 0 saturated carbocycles. The van der Waals surface area contributed by atoms with Crippen LogP contribution in [-0.4, -0.2) is 0 Å². The molecule has 1 aliphatic heterocycles. The molecule has 0 aromatic heterocycles. The van der Waals surface area contributed by atoms with Crippen molar-refractivity contribution in [2.75, 3.05) is 0 Å². The van der Waals surface area contributed by atoms with Crippen molar-refractivity contribution in [3.8, 4) is 22.3 Å². The highest BCUT2D eigenvalue weighted by Gasteiger charge is 2.46. The van der Waals surface area contributed by atoms with E-state index < -0.39 is 5.41 Å². The highest BCUT2D eigenvalue weighted by atomic mass is 32.2. The molecular formula is C45H30S. The van der Waals surface area contributed by atoms with E-state index in [4.69, 9.17) is 0 Å². The van der Waals surface area contributed by atoms with Gasteiger partial charge in [0, 0.05) is 9.79 Å². The molecule has 0 bridgehead atoms. The van der Waals surface area contributed by atoms with Crippen LogP contribution in [-0.2, 0) is 5.41 Å². The average Bonchev–Trinajstić information content (AvgIpc) is 3.14. The normalized spacial score (nSPS) is 13.3. The Hall–Kier alpha value is -5.37. The summed E-state index contributed by atoms with van der Waals surface area (Å²) in [6.45, 7) is 0. The first-order valence-electron chi connectivity index (χ1n) is 15.8. The van der Waals surface area contributed by atoms with Crippen molar-refractivity contribution >= 4 is 33.3 Å². The molecule has 1 heteroatoms. The van der Waals surface area contributed by atoms with Gasteiger partial charge in [0.25, 0.3) is 0 Å². The van der Waals surface area contributed by atoms with Gasteiger partial charge in [-0.3, -0.25) is 0 Å². The quantitative estimate of drug-likeness (QED) is 0.193. The Kier molecular flexibility index (Phi) is 6.40. The van der Waals surface area contributed by atoms with Gasteiger partial charge >= 0.3 is 0 Å². The Morgan fingerprint density at radius 1 is 0.304 bits per heavy atom. The fraction of sp³-hybridized carbons (Fsp3) is 0.0222. The molecule has 0 N–H and O–H groups in total. The second-order valence-corrected chi connectivity index (χ2v) is 13.1. The molecule has 0 spiro atoms. The van der Waals surface area contributed by atoms with E-state index in [1.165, 1.54) is 75.8 Å². The molecule has 0 saturated heterocycles. The topological polar surface area (TPSA) is 0 Å². The van der Waals surface area contributed by atoms with Crippen LogP contribution < -0.4 is 0 Å². The lowest BCUT2D eigenvalue weighted by molar-refractivity contribution is 0.718. The number of hydrogen-bond acceptors (Lipinski definition) is 1. The van der Waals surface area contributed by atoms with Crippen LogP contribution in [0, 0.1) is 0 Å². The summed E-state index contributed by atoms with van der Waals surface area (Å²) < 4.78 is 0. The SMILES string of the molecule is c1ccc(-c2ccc(-c3ccc(C4(c5ccccc5)c5c(ccc6ccccc56)Sc5ccc6ccccc6c54)cc3)cc2)cc1. The Morgan fingerprint density at radius 3 is 1.22 bits per heavy atom. The van der Waals surface area contributed by atoms with Crippen molar-refractivity contribution in [3.63, 3.8) is 0 Å². The minimum Gasteiger partial charge on any atom is -0.0894 e. The summed E-state index contributed by atoms with van der Waals surface area (Å²) in [6.07, 6.45) is 0. The van der Waals surface area contributed by atoms with E-state index >= 15 is 0 Å². The fourth-order valence-corrected chi connectivity index (χ4v) is 8.76. The van der Waals surface area contributed by atoms with Crippen molar-refractivity contribution in [3.05, 3.63) is 204 Å². The molecule has 8 aromatic carbocycles. The van der Waals surface area contributed by atoms with Crippen LogP contribution in [0.4, 0.5) is 0 Å². The van der Waals surface area contributed by atoms with Crippen molar-refractivity contribution in [2.45, 2.75) is 15.2 Å². The number of hydrogen-bond donors (Lipinski definition) is 0. The van der Waals surface area contributed by atoms with E-state index in [2.05, 4.69) is 182 Å². The molecule has 0 unspecified atom stereocenters. The van der Waals surface area contributed by atoms with E-state index in [1.54, 1.807) is 0 Å². The minimum atomic E-state index is -0.519. The van der Waals surface area contributed by atoms with E-state index in [1.807, 2.05) is 11.8 Å². The van der Waals surface area contributed by atoms with Crippen LogP contribution in [0.15, 0.2) is 192 Å². The van der Waals surface area contributed by atoms with Crippen molar-refractivity contribution in [2.24, 2.45) is 0 Å². The maximum absolute atomic E-state index is 2.38. The first-order valence-corrected chi connectivity index (χ1v) is 16.7. The maximum atomic E-state index is 2.38. The van der Waals surface area contributed by atoms with Gasteiger partial charge in [0.05, 0.1) is 5.41 Å². The van der Waals surface area contributed by atoms with Gasteiger partial charge in [0.15, 0.2) is 0 Å². The monoisotopic (exact) mass is 602 g/mol. The van der Waals surface area contributed by atoms with Gasteiger partial charge in [-0.25, -0.2) is 0 Å². The summed E-state index contributed by atoms with van der Waals surface area (Å²) in [5.41, 5.74) is 9.68. The van der Waals surface area contributed by atoms with Gasteiger partial charge in [-0.2, -0.15) is 0 Å². The second-order valence-electron chi connectivity index (χ2n) is 12.1. The van der Waals surface area contributed by atoms with E-state index in [9.17, 15) is 0 Å². The zero-order valence-corrected chi connectivity index (χ0v) is 26.0. The molecule has 0 nitrogen and oxygen atoms in total. The first kappa shape index (κ1) is 27.0. The number of benzene rings is 8. The third-order valence-electron chi connectivity index (χ3n) is 9.60. The van der Waals surface area contributed by atoms with Crippen LogP contribution in [0.25, 0.3) is 43.8 Å². The van der Waals surface area contributed by atoms with Crippen LogP contribution in [0.5, 0.6) is 0 Å². The molecular weight excluding hydrogens is 573 g/mol. The summed E-state index contributed by atoms with van der Waals surface area (Å²) in [4.78, 5) is 2.62. The zero-order valence-electron chi connectivity index (χ0n) is 25.2. The molecule has 216 valence electrons. The van der Waals surface area contributed by atoms with E-state index in [0.717, 1.165) is 0 Å². The van der Waals surface area contributed by atoms with Crippen LogP contribution in [0.3, 0.4) is 0 Å². The third-order valence-corrected chi connectivity index (χ3v) is 10.7. The van der Waals surface area contributed by atoms with Gasteiger partial charge in [0.2, 0.25) is 0 Å². The summed E-state index contributed by atoms with van der Waals surface area (Å²) in [5.74, 6) is 0. The molecule has 46 heavy (non-hydrogen) atoms. The molecule has 0 amide bonds. The Balaban J connectivity index is 1.32. The molecule has 0 radical (unpaired) electrons. The van der Waals surface area contributed by atoms with Crippen molar-refractivity contribution < 1.29 is 0 Å². The molecule has 1 heterocycles. The lowest BCUT2D eigenvalue weighted by atomic mass is 9.62. The van der Waals surface area contributed by atoms with Gasteiger partial charge < -0.3 is 0 Å². The van der Waals surface area contributed by atoms with Gasteiger partial charge in [-0.05, 0) is 78.2 Å². The minimum absolute atomic E-state index is 0.519. The van der Waals surface area contributed by atoms with Gasteiger partial charge in [-0.1, -0.05) is 182 Å². The Bertz CT molecular complexity index is 2270. The summed E-state index contributed by atoms with van der Waals surface area (Å²) >= 11 is 1.90. The summed E-state index contributed by atoms with van der Waals surface area (Å²) in [7, 11) is 0. The predicted molar refractivity (Wildman–Crippen MR) is 195 cm³/mol. The fourth-order valence-electron chi connectivity index (χ4n) is 7.52. The smallest absolute Gasteiger partial charge is 0.0735 e. The Labute approximate surface area is 274 Å². The molecule has 0 fully saturated rings. The van der Waals surface area contributed by atoms with Gasteiger partial charge in [0.1, 0.15) is 0 Å². The number of rotatable bonds is 4. The van der Waals surface area contributed by atoms with Crippen LogP contribution in [0.2, 0.25) is 0 Å². The second kappa shape index (κ2) is 10.9. The lowest BCUT2D eigenvalue weighted by Crippen LogP contribution is -2.34. The van der Waals surface area contributed by atoms with E-state index in [-0.39, 0.29) is 0 Å². The van der Waals surface area contributed by atoms with Crippen molar-refractivity contribution in [1.29, 1.82) is 0 Å². The van der Waals surface area contributed by atoms with Crippen LogP contribution >= 0.6 is 11.8 Å². The van der Waals surface area contributed by atoms with Crippen molar-refractivity contribution in [1.82, 2.24) is 0 Å². The number of fused-ring (bicyclic) bond motifs is 6. The maximum Gasteiger partial charge on any atom is 0.0735 e. The summed E-state index contributed by atoms with van der Waals surface area (Å²) in [6, 6.07) is 67.1. The standard InChI is InChI=1S/C45H30S/c1-3-11-31(12-4-1)32-19-21-33(22-20-32)34-23-27-38(28-24-34)45(37-15-5-2-6-16-37)43-39-17-9-7-13-35(39)25-29-41(43)46-42-30-26-36-14-8-10-18-40(36)44(42)45/h1-30H. The largest absolute Gasteiger partial charge is 0.0894 e. The molecule has 0 atom stereocenters. The van der Waals surface area contributed by atoms with Crippen LogP contribution in [0.1, 0.15) is 22.3 Å². The highest BCUT2D eigenvalue weighted by molar-refractivity contribution is 7.99. The van der Waals surface area contributed by atoms with Gasteiger partial charge in [-0.15, -0.1) is 0 Å². The first-order chi connectivity index (χ1) is 22.8. The molecule has 1 aliphatic rings. The third kappa shape index (κ3) is 4.16. The van der Waals surface area contributed by atoms with E-state index in [0.29, 0.717) is 0 Å². The molecule has 8 aromatic rings. The zero-order chi connectivity index (χ0) is 30.5. The summed E-state index contributed by atoms with van der Waals surface area (Å²) in [5, 5.41) is 5.13. The predicted octanol–water partition coefficient (Wildman–Crippen LogP) is 12.2. The Morgan fingerprint density at radius 2 is 0.696 bits per heavy atom. The average molecular weight is 603 g/mol. The molecule has 9 rings (SSSR count). The molecule has 0 aliphatic carbocycles. The highest BCUT2D eigenvalue weighted by Crippen LogP contribution is 2.59.